The molecular formula is C21H20N2O4. The van der Waals surface area contributed by atoms with Crippen LogP contribution in [0.5, 0.6) is 0 Å². The lowest BCUT2D eigenvalue weighted by Gasteiger charge is -2.19. The summed E-state index contributed by atoms with van der Waals surface area (Å²) < 4.78 is 5.23. The van der Waals surface area contributed by atoms with E-state index in [1.54, 1.807) is 63.5 Å². The molecule has 138 valence electrons. The topological polar surface area (TPSA) is 88.5 Å². The number of aromatic carboxylic acids is 1. The summed E-state index contributed by atoms with van der Waals surface area (Å²) >= 11 is 0. The van der Waals surface area contributed by atoms with Gasteiger partial charge in [-0.15, -0.1) is 0 Å². The molecule has 0 aliphatic carbocycles. The Morgan fingerprint density at radius 1 is 1.04 bits per heavy atom. The van der Waals surface area contributed by atoms with Crippen LogP contribution in [0, 0.1) is 0 Å². The van der Waals surface area contributed by atoms with E-state index in [0.29, 0.717) is 5.69 Å². The molecule has 1 heterocycles. The average molecular weight is 364 g/mol. The van der Waals surface area contributed by atoms with Gasteiger partial charge >= 0.3 is 12.1 Å². The van der Waals surface area contributed by atoms with E-state index in [1.807, 2.05) is 12.1 Å². The Bertz CT molecular complexity index is 1000. The van der Waals surface area contributed by atoms with Crippen molar-refractivity contribution in [3.05, 3.63) is 60.4 Å². The molecule has 1 aromatic heterocycles. The number of nitrogens with zero attached hydrogens (tertiary/aromatic N) is 1. The summed E-state index contributed by atoms with van der Waals surface area (Å²) in [4.78, 5) is 27.4. The number of nitrogens with one attached hydrogen (secondary N) is 1. The zero-order valence-electron chi connectivity index (χ0n) is 15.3. The molecule has 2 N–H and O–H groups in total. The lowest BCUT2D eigenvalue weighted by atomic mass is 9.99. The molecule has 1 amide bonds. The fourth-order valence-corrected chi connectivity index (χ4v) is 2.68. The zero-order chi connectivity index (χ0) is 19.6. The number of carboxylic acids is 1. The van der Waals surface area contributed by atoms with E-state index in [-0.39, 0.29) is 5.56 Å². The lowest BCUT2D eigenvalue weighted by molar-refractivity contribution is 0.0634. The summed E-state index contributed by atoms with van der Waals surface area (Å²) in [6.07, 6.45) is 2.88. The van der Waals surface area contributed by atoms with E-state index in [1.165, 1.54) is 0 Å². The number of anilines is 1. The highest BCUT2D eigenvalue weighted by Crippen LogP contribution is 2.29. The fraction of sp³-hybridized carbons (Fsp3) is 0.190. The van der Waals surface area contributed by atoms with Crippen LogP contribution in [0.2, 0.25) is 0 Å². The predicted octanol–water partition coefficient (Wildman–Crippen LogP) is 4.95. The largest absolute Gasteiger partial charge is 0.478 e. The Kier molecular flexibility index (Phi) is 4.81. The molecule has 6 nitrogen and oxygen atoms in total. The molecule has 0 atom stereocenters. The van der Waals surface area contributed by atoms with E-state index >= 15 is 0 Å². The van der Waals surface area contributed by atoms with E-state index in [4.69, 9.17) is 4.74 Å². The van der Waals surface area contributed by atoms with Gasteiger partial charge in [-0.3, -0.25) is 10.3 Å². The Hall–Kier alpha value is -3.41. The quantitative estimate of drug-likeness (QED) is 0.687. The summed E-state index contributed by atoms with van der Waals surface area (Å²) in [5.74, 6) is -0.975. The smallest absolute Gasteiger partial charge is 0.412 e. The molecule has 0 aliphatic heterocycles. The molecule has 6 heteroatoms. The Morgan fingerprint density at radius 3 is 2.37 bits per heavy atom. The van der Waals surface area contributed by atoms with E-state index in [0.717, 1.165) is 21.9 Å². The number of aromatic nitrogens is 1. The third-order valence-corrected chi connectivity index (χ3v) is 3.85. The van der Waals surface area contributed by atoms with Crippen molar-refractivity contribution in [3.8, 4) is 11.1 Å². The van der Waals surface area contributed by atoms with Crippen LogP contribution in [0.25, 0.3) is 21.9 Å². The van der Waals surface area contributed by atoms with Crippen LogP contribution in [0.4, 0.5) is 10.5 Å². The number of hydrogen-bond acceptors (Lipinski definition) is 4. The maximum absolute atomic E-state index is 11.9. The number of ether oxygens (including phenoxy) is 1. The molecule has 0 spiro atoms. The predicted molar refractivity (Wildman–Crippen MR) is 104 cm³/mol. The average Bonchev–Trinajstić information content (AvgIpc) is 2.59. The molecule has 27 heavy (non-hydrogen) atoms. The number of benzene rings is 2. The van der Waals surface area contributed by atoms with Gasteiger partial charge in [0.15, 0.2) is 0 Å². The summed E-state index contributed by atoms with van der Waals surface area (Å²) in [6, 6.07) is 12.2. The second kappa shape index (κ2) is 7.07. The van der Waals surface area contributed by atoms with Gasteiger partial charge < -0.3 is 9.84 Å². The molecule has 0 radical (unpaired) electrons. The van der Waals surface area contributed by atoms with Gasteiger partial charge in [-0.2, -0.15) is 0 Å². The van der Waals surface area contributed by atoms with Crippen LogP contribution in [0.15, 0.2) is 54.9 Å². The molecule has 0 unspecified atom stereocenters. The molecular weight excluding hydrogens is 344 g/mol. The van der Waals surface area contributed by atoms with Gasteiger partial charge in [-0.1, -0.05) is 18.2 Å². The van der Waals surface area contributed by atoms with Gasteiger partial charge in [0.2, 0.25) is 0 Å². The van der Waals surface area contributed by atoms with Crippen molar-refractivity contribution in [1.29, 1.82) is 0 Å². The second-order valence-corrected chi connectivity index (χ2v) is 7.13. The van der Waals surface area contributed by atoms with Crippen LogP contribution in [-0.4, -0.2) is 27.8 Å². The maximum atomic E-state index is 11.9. The highest BCUT2D eigenvalue weighted by Gasteiger charge is 2.16. The highest BCUT2D eigenvalue weighted by molar-refractivity contribution is 6.00. The summed E-state index contributed by atoms with van der Waals surface area (Å²) in [5.41, 5.74) is 1.94. The molecule has 0 saturated carbocycles. The van der Waals surface area contributed by atoms with Gasteiger partial charge in [-0.05, 0) is 56.0 Å². The molecule has 0 saturated heterocycles. The molecule has 2 aromatic carbocycles. The van der Waals surface area contributed by atoms with Gasteiger partial charge in [0, 0.05) is 29.0 Å². The van der Waals surface area contributed by atoms with Crippen molar-refractivity contribution >= 4 is 28.5 Å². The Balaban J connectivity index is 1.90. The van der Waals surface area contributed by atoms with Gasteiger partial charge in [0.1, 0.15) is 5.60 Å². The van der Waals surface area contributed by atoms with Gasteiger partial charge in [-0.25, -0.2) is 9.59 Å². The van der Waals surface area contributed by atoms with Crippen LogP contribution in [-0.2, 0) is 4.74 Å². The first-order valence-corrected chi connectivity index (χ1v) is 8.44. The van der Waals surface area contributed by atoms with E-state index < -0.39 is 17.7 Å². The molecule has 3 rings (SSSR count). The number of rotatable bonds is 3. The van der Waals surface area contributed by atoms with Crippen molar-refractivity contribution in [2.45, 2.75) is 26.4 Å². The van der Waals surface area contributed by atoms with E-state index in [9.17, 15) is 14.7 Å². The first-order chi connectivity index (χ1) is 12.7. The van der Waals surface area contributed by atoms with E-state index in [2.05, 4.69) is 10.3 Å². The van der Waals surface area contributed by atoms with Crippen LogP contribution in [0.1, 0.15) is 31.1 Å². The van der Waals surface area contributed by atoms with Crippen molar-refractivity contribution in [3.63, 3.8) is 0 Å². The number of fused-ring (bicyclic) bond motifs is 1. The molecule has 0 aliphatic rings. The molecule has 0 fully saturated rings. The molecule has 0 bridgehead atoms. The van der Waals surface area contributed by atoms with Gasteiger partial charge in [0.25, 0.3) is 0 Å². The van der Waals surface area contributed by atoms with Crippen molar-refractivity contribution in [1.82, 2.24) is 4.98 Å². The van der Waals surface area contributed by atoms with Crippen molar-refractivity contribution in [2.24, 2.45) is 0 Å². The molecule has 3 aromatic rings. The zero-order valence-corrected chi connectivity index (χ0v) is 15.3. The number of amides is 1. The third-order valence-electron chi connectivity index (χ3n) is 3.85. The first kappa shape index (κ1) is 18.4. The standard InChI is InChI=1S/C21H20N2O4/c1-21(2,3)27-20(26)23-16-8-6-13(7-9-16)18-12-22-11-15-5-4-14(19(24)25)10-17(15)18/h4-12H,1-3H3,(H,23,26)(H,24,25). The van der Waals surface area contributed by atoms with Crippen LogP contribution >= 0.6 is 0 Å². The van der Waals surface area contributed by atoms with Crippen molar-refractivity contribution in [2.75, 3.05) is 5.32 Å². The van der Waals surface area contributed by atoms with Crippen LogP contribution in [0.3, 0.4) is 0 Å². The lowest BCUT2D eigenvalue weighted by Crippen LogP contribution is -2.27. The minimum absolute atomic E-state index is 0.221. The monoisotopic (exact) mass is 364 g/mol. The Morgan fingerprint density at radius 2 is 1.74 bits per heavy atom. The minimum atomic E-state index is -0.975. The minimum Gasteiger partial charge on any atom is -0.478 e. The highest BCUT2D eigenvalue weighted by atomic mass is 16.6. The fourth-order valence-electron chi connectivity index (χ4n) is 2.68. The normalized spacial score (nSPS) is 11.2. The first-order valence-electron chi connectivity index (χ1n) is 8.44. The number of pyridine rings is 1. The number of hydrogen-bond donors (Lipinski definition) is 2. The number of carbonyl (C=O) groups excluding carboxylic acids is 1. The third kappa shape index (κ3) is 4.41. The Labute approximate surface area is 156 Å². The second-order valence-electron chi connectivity index (χ2n) is 7.13. The SMILES string of the molecule is CC(C)(C)OC(=O)Nc1ccc(-c2cncc3ccc(C(=O)O)cc23)cc1. The van der Waals surface area contributed by atoms with Crippen molar-refractivity contribution < 1.29 is 19.4 Å². The number of carboxylic acid groups (broad SMARTS) is 1. The maximum Gasteiger partial charge on any atom is 0.412 e. The summed E-state index contributed by atoms with van der Waals surface area (Å²) in [7, 11) is 0. The van der Waals surface area contributed by atoms with Crippen LogP contribution < -0.4 is 5.32 Å². The summed E-state index contributed by atoms with van der Waals surface area (Å²) in [6.45, 7) is 5.40. The number of carbonyl (C=O) groups is 2. The van der Waals surface area contributed by atoms with Gasteiger partial charge in [0.05, 0.1) is 5.56 Å². The summed E-state index contributed by atoms with van der Waals surface area (Å²) in [5, 5.41) is 13.6.